The van der Waals surface area contributed by atoms with E-state index in [1.165, 1.54) is 12.1 Å². The number of benzene rings is 1. The van der Waals surface area contributed by atoms with Crippen LogP contribution in [0.5, 0.6) is 11.5 Å². The van der Waals surface area contributed by atoms with E-state index in [0.29, 0.717) is 24.3 Å². The van der Waals surface area contributed by atoms with Crippen LogP contribution in [0.2, 0.25) is 0 Å². The van der Waals surface area contributed by atoms with Crippen molar-refractivity contribution in [2.45, 2.75) is 22.5 Å². The molecule has 2 aliphatic rings. The number of hydrogen-bond donors (Lipinski definition) is 1. The Kier molecular flexibility index (Phi) is 2.15. The lowest BCUT2D eigenvalue weighted by Crippen LogP contribution is -2.27. The van der Waals surface area contributed by atoms with Gasteiger partial charge in [0.2, 0.25) is 6.79 Å². The van der Waals surface area contributed by atoms with Crippen molar-refractivity contribution in [1.82, 2.24) is 0 Å². The molecule has 1 N–H and O–H groups in total. The van der Waals surface area contributed by atoms with Crippen molar-refractivity contribution in [3.63, 3.8) is 0 Å². The van der Waals surface area contributed by atoms with Crippen LogP contribution < -0.4 is 9.47 Å². The zero-order valence-electron chi connectivity index (χ0n) is 9.05. The first-order chi connectivity index (χ1) is 8.09. The lowest BCUT2D eigenvalue weighted by Gasteiger charge is -2.13. The maximum absolute atomic E-state index is 12.3. The van der Waals surface area contributed by atoms with E-state index >= 15 is 0 Å². The summed E-state index contributed by atoms with van der Waals surface area (Å²) in [6.45, 7) is -0.215. The second-order valence-electron chi connectivity index (χ2n) is 4.36. The molecule has 3 rings (SSSR count). The van der Waals surface area contributed by atoms with Crippen LogP contribution in [-0.2, 0) is 9.84 Å². The van der Waals surface area contributed by atoms with Crippen LogP contribution in [0.15, 0.2) is 23.1 Å². The van der Waals surface area contributed by atoms with Gasteiger partial charge in [-0.1, -0.05) is 0 Å². The molecule has 0 amide bonds. The molecule has 1 heterocycles. The molecule has 0 radical (unpaired) electrons. The summed E-state index contributed by atoms with van der Waals surface area (Å²) < 4.78 is 33.9. The fourth-order valence-corrected chi connectivity index (χ4v) is 3.76. The monoisotopic (exact) mass is 256 g/mol. The minimum Gasteiger partial charge on any atom is -0.454 e. The van der Waals surface area contributed by atoms with Crippen LogP contribution in [0, 0.1) is 0 Å². The summed E-state index contributed by atoms with van der Waals surface area (Å²) in [7, 11) is -3.48. The number of aliphatic hydroxyl groups is 1. The topological polar surface area (TPSA) is 72.8 Å². The summed E-state index contributed by atoms with van der Waals surface area (Å²) >= 11 is 0. The second kappa shape index (κ2) is 3.36. The molecule has 1 fully saturated rings. The molecule has 0 atom stereocenters. The largest absolute Gasteiger partial charge is 0.454 e. The zero-order chi connectivity index (χ0) is 12.1. The molecule has 1 aliphatic heterocycles. The smallest absolute Gasteiger partial charge is 0.231 e. The van der Waals surface area contributed by atoms with Crippen LogP contribution in [0.4, 0.5) is 0 Å². The minimum atomic E-state index is -3.48. The van der Waals surface area contributed by atoms with E-state index in [-0.39, 0.29) is 18.3 Å². The van der Waals surface area contributed by atoms with Gasteiger partial charge < -0.3 is 14.6 Å². The fraction of sp³-hybridized carbons (Fsp3) is 0.455. The Labute approximate surface area is 98.9 Å². The van der Waals surface area contributed by atoms with Crippen molar-refractivity contribution in [2.75, 3.05) is 13.4 Å². The second-order valence-corrected chi connectivity index (χ2v) is 6.70. The molecule has 17 heavy (non-hydrogen) atoms. The molecular weight excluding hydrogens is 244 g/mol. The highest BCUT2D eigenvalue weighted by atomic mass is 32.2. The molecule has 0 bridgehead atoms. The van der Waals surface area contributed by atoms with Crippen LogP contribution in [0.3, 0.4) is 0 Å². The summed E-state index contributed by atoms with van der Waals surface area (Å²) in [6, 6.07) is 4.55. The molecular formula is C11H12O5S. The average molecular weight is 256 g/mol. The highest BCUT2D eigenvalue weighted by Crippen LogP contribution is 2.47. The Morgan fingerprint density at radius 3 is 2.59 bits per heavy atom. The Balaban J connectivity index is 2.05. The summed E-state index contributed by atoms with van der Waals surface area (Å²) in [5, 5.41) is 9.21. The van der Waals surface area contributed by atoms with Gasteiger partial charge in [0.1, 0.15) is 0 Å². The molecule has 5 nitrogen and oxygen atoms in total. The minimum absolute atomic E-state index is 0.115. The standard InChI is InChI=1S/C11H12O5S/c12-6-11(3-4-11)17(13,14)8-1-2-9-10(5-8)16-7-15-9/h1-2,5,12H,3-4,6-7H2. The molecule has 1 aromatic rings. The molecule has 0 unspecified atom stereocenters. The van der Waals surface area contributed by atoms with Gasteiger partial charge in [-0.3, -0.25) is 0 Å². The lowest BCUT2D eigenvalue weighted by molar-refractivity contribution is 0.174. The maximum atomic E-state index is 12.3. The third kappa shape index (κ3) is 1.44. The maximum Gasteiger partial charge on any atom is 0.231 e. The van der Waals surface area contributed by atoms with E-state index in [2.05, 4.69) is 0 Å². The highest BCUT2D eigenvalue weighted by Gasteiger charge is 2.54. The number of hydrogen-bond acceptors (Lipinski definition) is 5. The Hall–Kier alpha value is -1.27. The van der Waals surface area contributed by atoms with Gasteiger partial charge in [-0.25, -0.2) is 8.42 Å². The van der Waals surface area contributed by atoms with Crippen LogP contribution in [0.1, 0.15) is 12.8 Å². The van der Waals surface area contributed by atoms with Crippen molar-refractivity contribution in [3.05, 3.63) is 18.2 Å². The van der Waals surface area contributed by atoms with E-state index in [1.54, 1.807) is 6.07 Å². The van der Waals surface area contributed by atoms with Crippen molar-refractivity contribution in [2.24, 2.45) is 0 Å². The summed E-state index contributed by atoms with van der Waals surface area (Å²) in [5.74, 6) is 0.998. The molecule has 1 saturated carbocycles. The lowest BCUT2D eigenvalue weighted by atomic mass is 10.3. The Morgan fingerprint density at radius 1 is 1.24 bits per heavy atom. The Morgan fingerprint density at radius 2 is 1.94 bits per heavy atom. The van der Waals surface area contributed by atoms with Gasteiger partial charge in [-0.2, -0.15) is 0 Å². The third-order valence-electron chi connectivity index (χ3n) is 3.32. The van der Waals surface area contributed by atoms with E-state index in [9.17, 15) is 13.5 Å². The van der Waals surface area contributed by atoms with Crippen LogP contribution >= 0.6 is 0 Å². The van der Waals surface area contributed by atoms with Gasteiger partial charge in [0.25, 0.3) is 0 Å². The summed E-state index contributed by atoms with van der Waals surface area (Å²) in [6.07, 6.45) is 1.03. The number of sulfone groups is 1. The van der Waals surface area contributed by atoms with Gasteiger partial charge in [-0.15, -0.1) is 0 Å². The molecule has 0 saturated heterocycles. The first kappa shape index (κ1) is 10.9. The van der Waals surface area contributed by atoms with Gasteiger partial charge in [0.15, 0.2) is 21.3 Å². The predicted molar refractivity (Wildman–Crippen MR) is 58.8 cm³/mol. The predicted octanol–water partition coefficient (Wildman–Crippen LogP) is 0.714. The number of ether oxygens (including phenoxy) is 2. The molecule has 1 aliphatic carbocycles. The van der Waals surface area contributed by atoms with Crippen LogP contribution in [-0.4, -0.2) is 31.7 Å². The summed E-state index contributed by atoms with van der Waals surface area (Å²) in [4.78, 5) is 0.188. The van der Waals surface area contributed by atoms with E-state index < -0.39 is 14.6 Å². The van der Waals surface area contributed by atoms with Gasteiger partial charge >= 0.3 is 0 Å². The third-order valence-corrected chi connectivity index (χ3v) is 5.87. The number of fused-ring (bicyclic) bond motifs is 1. The number of rotatable bonds is 3. The first-order valence-electron chi connectivity index (χ1n) is 5.34. The average Bonchev–Trinajstić information content (AvgIpc) is 3.00. The molecule has 92 valence electrons. The van der Waals surface area contributed by atoms with Gasteiger partial charge in [-0.05, 0) is 25.0 Å². The fourth-order valence-electron chi connectivity index (χ4n) is 1.95. The SMILES string of the molecule is O=S(=O)(c1ccc2c(c1)OCO2)C1(CO)CC1. The molecule has 1 aromatic carbocycles. The van der Waals surface area contributed by atoms with Gasteiger partial charge in [0, 0.05) is 6.07 Å². The van der Waals surface area contributed by atoms with Crippen LogP contribution in [0.25, 0.3) is 0 Å². The molecule has 6 heteroatoms. The van der Waals surface area contributed by atoms with Crippen molar-refractivity contribution >= 4 is 9.84 Å². The number of aliphatic hydroxyl groups excluding tert-OH is 1. The first-order valence-corrected chi connectivity index (χ1v) is 6.83. The van der Waals surface area contributed by atoms with E-state index in [0.717, 1.165) is 0 Å². The molecule has 0 aromatic heterocycles. The highest BCUT2D eigenvalue weighted by molar-refractivity contribution is 7.93. The quantitative estimate of drug-likeness (QED) is 0.862. The normalized spacial score (nSPS) is 20.3. The van der Waals surface area contributed by atoms with Crippen molar-refractivity contribution in [3.8, 4) is 11.5 Å². The van der Waals surface area contributed by atoms with Crippen molar-refractivity contribution in [1.29, 1.82) is 0 Å². The van der Waals surface area contributed by atoms with Gasteiger partial charge in [0.05, 0.1) is 16.2 Å². The Bertz CT molecular complexity index is 559. The van der Waals surface area contributed by atoms with E-state index in [1.807, 2.05) is 0 Å². The zero-order valence-corrected chi connectivity index (χ0v) is 9.87. The summed E-state index contributed by atoms with van der Waals surface area (Å²) in [5.41, 5.74) is 0. The van der Waals surface area contributed by atoms with E-state index in [4.69, 9.17) is 9.47 Å². The molecule has 0 spiro atoms. The van der Waals surface area contributed by atoms with Crippen molar-refractivity contribution < 1.29 is 23.0 Å².